The van der Waals surface area contributed by atoms with Gasteiger partial charge >= 0.3 is 12.1 Å². The second-order valence-corrected chi connectivity index (χ2v) is 6.75. The number of aromatic carboxylic acids is 1. The fraction of sp³-hybridized carbons (Fsp3) is 0.167. The number of benzene rings is 2. The highest BCUT2D eigenvalue weighted by Gasteiger charge is 2.30. The molecule has 0 aliphatic heterocycles. The number of carbonyl (C=O) groups is 1. The van der Waals surface area contributed by atoms with E-state index in [0.29, 0.717) is 29.4 Å². The van der Waals surface area contributed by atoms with Crippen LogP contribution in [0.2, 0.25) is 0 Å². The molecule has 170 valence electrons. The van der Waals surface area contributed by atoms with Crippen molar-refractivity contribution in [1.29, 1.82) is 5.26 Å². The Morgan fingerprint density at radius 3 is 2.55 bits per heavy atom. The van der Waals surface area contributed by atoms with Gasteiger partial charge < -0.3 is 19.0 Å². The van der Waals surface area contributed by atoms with Crippen molar-refractivity contribution in [1.82, 2.24) is 0 Å². The summed E-state index contributed by atoms with van der Waals surface area (Å²) in [6.07, 6.45) is -3.07. The molecular weight excluding hydrogens is 439 g/mol. The summed E-state index contributed by atoms with van der Waals surface area (Å²) in [5, 5.41) is 18.4. The number of nitrogens with zero attached hydrogens (tertiary/aromatic N) is 1. The lowest BCUT2D eigenvalue weighted by Crippen LogP contribution is -2.04. The van der Waals surface area contributed by atoms with Crippen molar-refractivity contribution in [3.8, 4) is 17.6 Å². The van der Waals surface area contributed by atoms with E-state index in [-0.39, 0.29) is 23.5 Å². The quantitative estimate of drug-likeness (QED) is 0.328. The van der Waals surface area contributed by atoms with E-state index < -0.39 is 17.7 Å². The molecule has 0 atom stereocenters. The Morgan fingerprint density at radius 2 is 1.91 bits per heavy atom. The summed E-state index contributed by atoms with van der Waals surface area (Å²) in [5.41, 5.74) is -0.138. The second kappa shape index (κ2) is 9.96. The minimum atomic E-state index is -4.52. The summed E-state index contributed by atoms with van der Waals surface area (Å²) < 4.78 is 55.4. The molecule has 0 saturated carbocycles. The number of hydrogen-bond donors (Lipinski definition) is 1. The number of carboxylic acid groups (broad SMARTS) is 1. The lowest BCUT2D eigenvalue weighted by Gasteiger charge is -2.12. The van der Waals surface area contributed by atoms with Crippen molar-refractivity contribution in [2.24, 2.45) is 0 Å². The van der Waals surface area contributed by atoms with Gasteiger partial charge in [0.1, 0.15) is 12.4 Å². The largest absolute Gasteiger partial charge is 0.490 e. The van der Waals surface area contributed by atoms with Crippen molar-refractivity contribution < 1.29 is 37.0 Å². The van der Waals surface area contributed by atoms with Crippen molar-refractivity contribution in [3.05, 3.63) is 82.8 Å². The van der Waals surface area contributed by atoms with E-state index in [1.54, 1.807) is 25.1 Å². The third kappa shape index (κ3) is 5.95. The van der Waals surface area contributed by atoms with E-state index >= 15 is 0 Å². The van der Waals surface area contributed by atoms with Crippen LogP contribution in [0.4, 0.5) is 13.2 Å². The van der Waals surface area contributed by atoms with Gasteiger partial charge in [0.05, 0.1) is 23.8 Å². The van der Waals surface area contributed by atoms with Crippen LogP contribution in [-0.4, -0.2) is 17.7 Å². The number of allylic oxidation sites excluding steroid dienone is 1. The molecule has 6 nitrogen and oxygen atoms in total. The summed E-state index contributed by atoms with van der Waals surface area (Å²) in [7, 11) is 0. The number of carboxylic acids is 1. The average molecular weight is 457 g/mol. The Morgan fingerprint density at radius 1 is 1.12 bits per heavy atom. The molecule has 0 radical (unpaired) electrons. The van der Waals surface area contributed by atoms with Crippen LogP contribution in [0.5, 0.6) is 11.5 Å². The molecule has 3 aromatic rings. The molecule has 0 spiro atoms. The van der Waals surface area contributed by atoms with Gasteiger partial charge in [-0.3, -0.25) is 0 Å². The van der Waals surface area contributed by atoms with Crippen molar-refractivity contribution >= 4 is 17.6 Å². The van der Waals surface area contributed by atoms with E-state index in [4.69, 9.17) is 19.0 Å². The summed E-state index contributed by atoms with van der Waals surface area (Å²) in [4.78, 5) is 10.9. The van der Waals surface area contributed by atoms with E-state index in [9.17, 15) is 23.2 Å². The smallest absolute Gasteiger partial charge is 0.416 e. The van der Waals surface area contributed by atoms with Gasteiger partial charge in [0, 0.05) is 0 Å². The Hall–Kier alpha value is -4.19. The number of hydrogen-bond acceptors (Lipinski definition) is 5. The Kier molecular flexibility index (Phi) is 7.08. The third-order valence-electron chi connectivity index (χ3n) is 4.44. The summed E-state index contributed by atoms with van der Waals surface area (Å²) in [6, 6.07) is 14.1. The zero-order valence-corrected chi connectivity index (χ0v) is 17.3. The molecule has 0 fully saturated rings. The van der Waals surface area contributed by atoms with Crippen LogP contribution in [0.1, 0.15) is 39.9 Å². The highest BCUT2D eigenvalue weighted by molar-refractivity contribution is 5.90. The van der Waals surface area contributed by atoms with Gasteiger partial charge in [0.25, 0.3) is 0 Å². The molecule has 0 bridgehead atoms. The number of furan rings is 1. The zero-order chi connectivity index (χ0) is 24.0. The Balaban J connectivity index is 1.86. The first-order valence-corrected chi connectivity index (χ1v) is 9.72. The SMILES string of the molecule is CCOc1cc(C=C(C#N)c2cccc(C(F)(F)F)c2)ccc1OCc1ccc(C(=O)O)o1. The fourth-order valence-electron chi connectivity index (χ4n) is 2.93. The van der Waals surface area contributed by atoms with Crippen molar-refractivity contribution in [2.45, 2.75) is 19.7 Å². The van der Waals surface area contributed by atoms with E-state index in [2.05, 4.69) is 0 Å². The van der Waals surface area contributed by atoms with E-state index in [1.165, 1.54) is 30.3 Å². The molecule has 2 aromatic carbocycles. The summed E-state index contributed by atoms with van der Waals surface area (Å²) >= 11 is 0. The highest BCUT2D eigenvalue weighted by Crippen LogP contribution is 2.33. The lowest BCUT2D eigenvalue weighted by atomic mass is 10.0. The normalized spacial score (nSPS) is 11.7. The predicted octanol–water partition coefficient (Wildman–Crippen LogP) is 6.04. The minimum Gasteiger partial charge on any atom is -0.490 e. The maximum atomic E-state index is 13.0. The maximum absolute atomic E-state index is 13.0. The summed E-state index contributed by atoms with van der Waals surface area (Å²) in [6.45, 7) is 2.03. The van der Waals surface area contributed by atoms with Gasteiger partial charge in [-0.25, -0.2) is 4.79 Å². The number of rotatable bonds is 8. The fourth-order valence-corrected chi connectivity index (χ4v) is 2.93. The number of nitriles is 1. The van der Waals surface area contributed by atoms with Crippen molar-refractivity contribution in [3.63, 3.8) is 0 Å². The van der Waals surface area contributed by atoms with Crippen molar-refractivity contribution in [2.75, 3.05) is 6.61 Å². The molecule has 1 N–H and O–H groups in total. The minimum absolute atomic E-state index is 0.0454. The topological polar surface area (TPSA) is 92.7 Å². The molecule has 33 heavy (non-hydrogen) atoms. The van der Waals surface area contributed by atoms with Gasteiger partial charge in [-0.1, -0.05) is 18.2 Å². The number of halogens is 3. The first kappa shape index (κ1) is 23.5. The van der Waals surface area contributed by atoms with Gasteiger partial charge in [-0.2, -0.15) is 18.4 Å². The first-order valence-electron chi connectivity index (χ1n) is 9.72. The van der Waals surface area contributed by atoms with Crippen LogP contribution in [0.25, 0.3) is 11.6 Å². The number of alkyl halides is 3. The van der Waals surface area contributed by atoms with Crippen LogP contribution in [0.15, 0.2) is 59.0 Å². The van der Waals surface area contributed by atoms with Gasteiger partial charge in [-0.05, 0) is 60.5 Å². The van der Waals surface area contributed by atoms with Crippen LogP contribution in [0, 0.1) is 11.3 Å². The summed E-state index contributed by atoms with van der Waals surface area (Å²) in [5.74, 6) is -0.410. The van der Waals surface area contributed by atoms with Crippen LogP contribution < -0.4 is 9.47 Å². The maximum Gasteiger partial charge on any atom is 0.416 e. The monoisotopic (exact) mass is 457 g/mol. The van der Waals surface area contributed by atoms with Crippen LogP contribution >= 0.6 is 0 Å². The van der Waals surface area contributed by atoms with Crippen LogP contribution in [0.3, 0.4) is 0 Å². The van der Waals surface area contributed by atoms with Gasteiger partial charge in [0.2, 0.25) is 5.76 Å². The first-order chi connectivity index (χ1) is 15.7. The molecule has 3 rings (SSSR count). The van der Waals surface area contributed by atoms with Gasteiger partial charge in [0.15, 0.2) is 11.5 Å². The Labute approximate surface area is 187 Å². The molecule has 1 heterocycles. The highest BCUT2D eigenvalue weighted by atomic mass is 19.4. The predicted molar refractivity (Wildman–Crippen MR) is 113 cm³/mol. The molecule has 0 aliphatic rings. The molecule has 0 unspecified atom stereocenters. The van der Waals surface area contributed by atoms with E-state index in [1.807, 2.05) is 6.07 Å². The third-order valence-corrected chi connectivity index (χ3v) is 4.44. The molecular formula is C24H18F3NO5. The van der Waals surface area contributed by atoms with E-state index in [0.717, 1.165) is 12.1 Å². The lowest BCUT2D eigenvalue weighted by molar-refractivity contribution is -0.137. The molecule has 0 aliphatic carbocycles. The van der Waals surface area contributed by atoms with Gasteiger partial charge in [-0.15, -0.1) is 0 Å². The zero-order valence-electron chi connectivity index (χ0n) is 17.3. The number of ether oxygens (including phenoxy) is 2. The van der Waals surface area contributed by atoms with Crippen LogP contribution in [-0.2, 0) is 12.8 Å². The molecule has 1 aromatic heterocycles. The molecule has 0 amide bonds. The Bertz CT molecular complexity index is 1220. The molecule has 0 saturated heterocycles. The standard InChI is InChI=1S/C24H18F3NO5/c1-2-31-22-11-15(6-8-20(22)32-14-19-7-9-21(33-19)23(29)30)10-17(13-28)16-4-3-5-18(12-16)24(25,26)27/h3-12H,2,14H2,1H3,(H,29,30). The average Bonchev–Trinajstić information content (AvgIpc) is 3.26. The molecule has 9 heteroatoms. The second-order valence-electron chi connectivity index (χ2n) is 6.75.